The van der Waals surface area contributed by atoms with Crippen LogP contribution >= 0.6 is 0 Å². The van der Waals surface area contributed by atoms with E-state index in [0.29, 0.717) is 19.1 Å². The molecule has 2 amide bonds. The van der Waals surface area contributed by atoms with E-state index in [4.69, 9.17) is 0 Å². The topological polar surface area (TPSA) is 64.6 Å². The molecule has 0 radical (unpaired) electrons. The van der Waals surface area contributed by atoms with E-state index in [0.717, 1.165) is 37.8 Å². The van der Waals surface area contributed by atoms with E-state index >= 15 is 0 Å². The second-order valence-electron chi connectivity index (χ2n) is 7.60. The van der Waals surface area contributed by atoms with Gasteiger partial charge in [-0.05, 0) is 44.9 Å². The molecule has 2 rings (SSSR count). The molecule has 1 aromatic carbocycles. The molecule has 0 spiro atoms. The third kappa shape index (κ3) is 6.33. The highest BCUT2D eigenvalue weighted by molar-refractivity contribution is 5.73. The smallest absolute Gasteiger partial charge is 0.315 e. The lowest BCUT2D eigenvalue weighted by atomic mass is 9.85. The van der Waals surface area contributed by atoms with Crippen LogP contribution in [0.2, 0.25) is 0 Å². The number of benzene rings is 1. The molecule has 0 unspecified atom stereocenters. The Labute approximate surface area is 151 Å². The Morgan fingerprint density at radius 3 is 2.44 bits per heavy atom. The minimum Gasteiger partial charge on any atom is -0.388 e. The first kappa shape index (κ1) is 19.7. The van der Waals surface area contributed by atoms with Gasteiger partial charge in [-0.2, -0.15) is 0 Å². The molecule has 1 aliphatic carbocycles. The molecule has 0 saturated heterocycles. The number of aliphatic hydroxyl groups is 1. The fourth-order valence-corrected chi connectivity index (χ4v) is 3.20. The summed E-state index contributed by atoms with van der Waals surface area (Å²) >= 11 is 0. The lowest BCUT2D eigenvalue weighted by Gasteiger charge is -2.32. The number of hydrogen-bond donors (Lipinski definition) is 3. The summed E-state index contributed by atoms with van der Waals surface area (Å²) in [5.74, 6) is 0. The van der Waals surface area contributed by atoms with Crippen molar-refractivity contribution in [2.75, 3.05) is 13.6 Å². The molecule has 5 nitrogen and oxygen atoms in total. The van der Waals surface area contributed by atoms with Crippen LogP contribution in [0.3, 0.4) is 0 Å². The highest BCUT2D eigenvalue weighted by Crippen LogP contribution is 2.27. The fraction of sp³-hybridized carbons (Fsp3) is 0.650. The van der Waals surface area contributed by atoms with Gasteiger partial charge in [-0.1, -0.05) is 43.5 Å². The Morgan fingerprint density at radius 1 is 1.16 bits per heavy atom. The first-order valence-electron chi connectivity index (χ1n) is 9.41. The van der Waals surface area contributed by atoms with E-state index in [1.54, 1.807) is 0 Å². The Bertz CT molecular complexity index is 554. The largest absolute Gasteiger partial charge is 0.388 e. The molecule has 3 N–H and O–H groups in total. The van der Waals surface area contributed by atoms with Gasteiger partial charge < -0.3 is 15.7 Å². The first-order valence-corrected chi connectivity index (χ1v) is 9.41. The zero-order valence-electron chi connectivity index (χ0n) is 15.8. The molecule has 1 aromatic rings. The Balaban J connectivity index is 1.83. The van der Waals surface area contributed by atoms with Crippen LogP contribution in [0.15, 0.2) is 24.3 Å². The van der Waals surface area contributed by atoms with E-state index in [1.807, 2.05) is 12.1 Å². The Hall–Kier alpha value is -1.59. The molecule has 5 heteroatoms. The number of carbonyl (C=O) groups excluding carboxylic acids is 1. The second kappa shape index (κ2) is 9.20. The number of rotatable bonds is 7. The van der Waals surface area contributed by atoms with Gasteiger partial charge in [-0.3, -0.25) is 4.90 Å². The summed E-state index contributed by atoms with van der Waals surface area (Å²) in [6, 6.07) is 8.45. The van der Waals surface area contributed by atoms with Crippen LogP contribution in [0.5, 0.6) is 0 Å². The highest BCUT2D eigenvalue weighted by atomic mass is 16.3. The molecule has 0 aromatic heterocycles. The standard InChI is InChI=1S/C20H33N3O2/c1-16(2)23(3)14-18-10-6-5-9-17(18)13-21-19(24)22-15-20(25)11-7-4-8-12-20/h5-6,9-10,16,25H,4,7-8,11-15H2,1-3H3,(H2,21,22,24). The van der Waals surface area contributed by atoms with Crippen LogP contribution in [-0.2, 0) is 13.1 Å². The Kier molecular flexibility index (Phi) is 7.26. The molecule has 0 atom stereocenters. The number of nitrogens with zero attached hydrogens (tertiary/aromatic N) is 1. The van der Waals surface area contributed by atoms with E-state index in [1.165, 1.54) is 12.0 Å². The molecule has 0 aliphatic heterocycles. The zero-order chi connectivity index (χ0) is 18.3. The average molecular weight is 348 g/mol. The maximum atomic E-state index is 12.1. The summed E-state index contributed by atoms with van der Waals surface area (Å²) in [6.45, 7) is 6.02. The quantitative estimate of drug-likeness (QED) is 0.710. The van der Waals surface area contributed by atoms with Gasteiger partial charge in [-0.25, -0.2) is 4.79 Å². The maximum absolute atomic E-state index is 12.1. The summed E-state index contributed by atoms with van der Waals surface area (Å²) in [5.41, 5.74) is 1.62. The van der Waals surface area contributed by atoms with Crippen LogP contribution in [0.25, 0.3) is 0 Å². The van der Waals surface area contributed by atoms with Crippen molar-refractivity contribution in [3.63, 3.8) is 0 Å². The normalized spacial score (nSPS) is 16.9. The third-order valence-electron chi connectivity index (χ3n) is 5.22. The maximum Gasteiger partial charge on any atom is 0.315 e. The van der Waals surface area contributed by atoms with Crippen molar-refractivity contribution < 1.29 is 9.90 Å². The van der Waals surface area contributed by atoms with Gasteiger partial charge in [0.1, 0.15) is 0 Å². The summed E-state index contributed by atoms with van der Waals surface area (Å²) in [4.78, 5) is 14.4. The number of urea groups is 1. The summed E-state index contributed by atoms with van der Waals surface area (Å²) in [5, 5.41) is 16.2. The molecule has 25 heavy (non-hydrogen) atoms. The van der Waals surface area contributed by atoms with E-state index in [9.17, 15) is 9.90 Å². The van der Waals surface area contributed by atoms with Gasteiger partial charge in [-0.15, -0.1) is 0 Å². The second-order valence-corrected chi connectivity index (χ2v) is 7.60. The number of nitrogens with one attached hydrogen (secondary N) is 2. The summed E-state index contributed by atoms with van der Waals surface area (Å²) in [7, 11) is 2.10. The lowest BCUT2D eigenvalue weighted by molar-refractivity contribution is 0.00719. The van der Waals surface area contributed by atoms with Crippen molar-refractivity contribution in [1.82, 2.24) is 15.5 Å². The fourth-order valence-electron chi connectivity index (χ4n) is 3.20. The van der Waals surface area contributed by atoms with Gasteiger partial charge in [0.25, 0.3) is 0 Å². The summed E-state index contributed by atoms with van der Waals surface area (Å²) < 4.78 is 0. The van der Waals surface area contributed by atoms with E-state index in [-0.39, 0.29) is 6.03 Å². The minimum absolute atomic E-state index is 0.217. The van der Waals surface area contributed by atoms with Crippen molar-refractivity contribution in [2.24, 2.45) is 0 Å². The van der Waals surface area contributed by atoms with Crippen molar-refractivity contribution in [3.8, 4) is 0 Å². The third-order valence-corrected chi connectivity index (χ3v) is 5.22. The van der Waals surface area contributed by atoms with Gasteiger partial charge in [0.05, 0.1) is 5.60 Å². The van der Waals surface area contributed by atoms with Crippen LogP contribution in [-0.4, -0.2) is 41.3 Å². The van der Waals surface area contributed by atoms with Crippen molar-refractivity contribution in [2.45, 2.75) is 70.7 Å². The van der Waals surface area contributed by atoms with Crippen molar-refractivity contribution in [1.29, 1.82) is 0 Å². The molecule has 1 saturated carbocycles. The first-order chi connectivity index (χ1) is 11.9. The molecule has 140 valence electrons. The summed E-state index contributed by atoms with van der Waals surface area (Å²) in [6.07, 6.45) is 4.80. The van der Waals surface area contributed by atoms with Crippen LogP contribution in [0.4, 0.5) is 4.79 Å². The van der Waals surface area contributed by atoms with Crippen LogP contribution < -0.4 is 10.6 Å². The van der Waals surface area contributed by atoms with E-state index in [2.05, 4.69) is 48.6 Å². The van der Waals surface area contributed by atoms with Crippen LogP contribution in [0.1, 0.15) is 57.1 Å². The molecular weight excluding hydrogens is 314 g/mol. The monoisotopic (exact) mass is 347 g/mol. The van der Waals surface area contributed by atoms with Crippen molar-refractivity contribution >= 4 is 6.03 Å². The number of carbonyl (C=O) groups is 1. The van der Waals surface area contributed by atoms with Crippen LogP contribution in [0, 0.1) is 0 Å². The lowest BCUT2D eigenvalue weighted by Crippen LogP contribution is -2.47. The Morgan fingerprint density at radius 2 is 1.80 bits per heavy atom. The molecule has 1 fully saturated rings. The number of amides is 2. The van der Waals surface area contributed by atoms with Crippen molar-refractivity contribution in [3.05, 3.63) is 35.4 Å². The van der Waals surface area contributed by atoms with Gasteiger partial charge >= 0.3 is 6.03 Å². The highest BCUT2D eigenvalue weighted by Gasteiger charge is 2.29. The molecule has 0 bridgehead atoms. The SMILES string of the molecule is CC(C)N(C)Cc1ccccc1CNC(=O)NCC1(O)CCCCC1. The van der Waals surface area contributed by atoms with Gasteiger partial charge in [0.2, 0.25) is 0 Å². The average Bonchev–Trinajstić information content (AvgIpc) is 2.60. The van der Waals surface area contributed by atoms with E-state index < -0.39 is 5.60 Å². The molecular formula is C20H33N3O2. The molecule has 0 heterocycles. The zero-order valence-corrected chi connectivity index (χ0v) is 15.8. The number of hydrogen-bond acceptors (Lipinski definition) is 3. The molecule has 1 aliphatic rings. The van der Waals surface area contributed by atoms with Gasteiger partial charge in [0.15, 0.2) is 0 Å². The predicted octanol–water partition coefficient (Wildman–Crippen LogP) is 3.02. The predicted molar refractivity (Wildman–Crippen MR) is 101 cm³/mol. The van der Waals surface area contributed by atoms with Gasteiger partial charge in [0, 0.05) is 25.7 Å². The minimum atomic E-state index is -0.729.